The fraction of sp³-hybridized carbons (Fsp3) is 0.796. The van der Waals surface area contributed by atoms with Gasteiger partial charge in [-0.25, -0.2) is 4.39 Å². The van der Waals surface area contributed by atoms with E-state index >= 15 is 9.18 Å². The zero-order chi connectivity index (χ0) is 44.7. The van der Waals surface area contributed by atoms with Crippen LogP contribution in [0.3, 0.4) is 0 Å². The molecular weight excluding hydrogens is 796 g/mol. The lowest BCUT2D eigenvalue weighted by Gasteiger charge is -2.40. The van der Waals surface area contributed by atoms with E-state index in [0.29, 0.717) is 43.7 Å². The molecule has 0 amide bonds. The predicted octanol–water partition coefficient (Wildman–Crippen LogP) is 6.87. The van der Waals surface area contributed by atoms with E-state index in [4.69, 9.17) is 33.2 Å². The summed E-state index contributed by atoms with van der Waals surface area (Å²) in [5.74, 6) is -1.23. The maximum atomic E-state index is 15.2. The maximum Gasteiger partial charge on any atom is 0.306 e. The highest BCUT2D eigenvalue weighted by molar-refractivity contribution is 5.99. The van der Waals surface area contributed by atoms with E-state index in [1.165, 1.54) is 6.07 Å². The van der Waals surface area contributed by atoms with Crippen molar-refractivity contribution >= 4 is 17.4 Å². The van der Waals surface area contributed by atoms with Crippen LogP contribution in [0.4, 0.5) is 10.1 Å². The number of likely N-dealkylation sites (N-methyl/N-ethyl adjacent to an activating group) is 1. The van der Waals surface area contributed by atoms with Crippen molar-refractivity contribution in [1.29, 1.82) is 0 Å². The molecule has 1 aromatic carbocycles. The molecule has 6 aliphatic rings. The number of halogens is 1. The summed E-state index contributed by atoms with van der Waals surface area (Å²) in [6, 6.07) is 5.25. The number of aryl methyl sites for hydroxylation is 1. The number of allylic oxidation sites excluding steroid dienone is 2. The molecule has 0 radical (unpaired) electrons. The molecule has 3 heterocycles. The number of fused-ring (bicyclic) bond motifs is 8. The van der Waals surface area contributed by atoms with Gasteiger partial charge >= 0.3 is 5.97 Å². The molecule has 2 saturated carbocycles. The molecule has 18 atom stereocenters. The molecule has 3 aliphatic carbocycles. The Bertz CT molecular complexity index is 1740. The van der Waals surface area contributed by atoms with Crippen LogP contribution >= 0.6 is 0 Å². The molecule has 1 aromatic rings. The average Bonchev–Trinajstić information content (AvgIpc) is 3.62. The van der Waals surface area contributed by atoms with E-state index in [0.717, 1.165) is 30.5 Å². The molecular formula is C49H75FN2O10. The van der Waals surface area contributed by atoms with Crippen LogP contribution in [0.5, 0.6) is 0 Å². The van der Waals surface area contributed by atoms with Crippen molar-refractivity contribution in [3.8, 4) is 0 Å². The number of ether oxygens (including phenoxy) is 7. The highest BCUT2D eigenvalue weighted by Gasteiger charge is 2.69. The second-order valence-electron chi connectivity index (χ2n) is 19.9. The molecule has 3 saturated heterocycles. The normalized spacial score (nSPS) is 38.2. The number of anilines is 1. The smallest absolute Gasteiger partial charge is 0.306 e. The van der Waals surface area contributed by atoms with Crippen LogP contribution in [0.25, 0.3) is 0 Å². The summed E-state index contributed by atoms with van der Waals surface area (Å²) < 4.78 is 58.6. The van der Waals surface area contributed by atoms with Crippen LogP contribution in [0.2, 0.25) is 0 Å². The lowest BCUT2D eigenvalue weighted by molar-refractivity contribution is -0.236. The number of aliphatic hydroxyl groups excluding tert-OH is 1. The SMILES string of the molecule is CC[C@H]1CCC[C@H](O[C@H]2CC[C@H](N(C)C)C(C)O2)[C@@H](C)C(=O)C2=C[C@H]3[C@@H]4C[C@H](O[C@H](O)[C@@H](OC)C(OC)[C@@H](OC)C(C)C)C[C@H]4[C@H]4[C@@H]([C@H]3[C@@H]2CC(=O)O1)N4c1cc(F)ccc1C. The van der Waals surface area contributed by atoms with Gasteiger partial charge in [0.05, 0.1) is 42.9 Å². The number of cyclic esters (lactones) is 1. The van der Waals surface area contributed by atoms with Gasteiger partial charge in [0, 0.05) is 44.9 Å². The van der Waals surface area contributed by atoms with Gasteiger partial charge < -0.3 is 48.1 Å². The van der Waals surface area contributed by atoms with Gasteiger partial charge in [0.25, 0.3) is 0 Å². The Hall–Kier alpha value is -2.49. The van der Waals surface area contributed by atoms with Crippen molar-refractivity contribution in [2.45, 2.75) is 173 Å². The highest BCUT2D eigenvalue weighted by Crippen LogP contribution is 2.65. The van der Waals surface area contributed by atoms with Gasteiger partial charge in [0.1, 0.15) is 24.1 Å². The summed E-state index contributed by atoms with van der Waals surface area (Å²) in [7, 11) is 8.91. The number of methoxy groups -OCH3 is 3. The minimum atomic E-state index is -1.29. The summed E-state index contributed by atoms with van der Waals surface area (Å²) in [6.07, 6.45) is 3.74. The summed E-state index contributed by atoms with van der Waals surface area (Å²) in [5, 5.41) is 11.7. The van der Waals surface area contributed by atoms with E-state index in [9.17, 15) is 9.90 Å². The number of Topliss-reactive ketones (excluding diaryl/α,β-unsaturated/α-hetero) is 1. The Morgan fingerprint density at radius 1 is 0.952 bits per heavy atom. The third kappa shape index (κ3) is 9.44. The Kier molecular flexibility index (Phi) is 15.3. The molecule has 62 heavy (non-hydrogen) atoms. The largest absolute Gasteiger partial charge is 0.462 e. The monoisotopic (exact) mass is 871 g/mol. The van der Waals surface area contributed by atoms with Gasteiger partial charge in [0.15, 0.2) is 18.4 Å². The first-order valence-corrected chi connectivity index (χ1v) is 23.5. The standard InChI is InChI=1S/C49H75FN2O10/c1-12-30-14-13-15-39(62-41-19-18-37(51(7)8)28(6)59-41)27(5)45(54)36-23-33-32-21-31(61-49(55)48(58-11)47(57-10)46(56-9)25(2)3)22-35(32)43-44(42(33)34(36)24-40(53)60-30)52(43)38-20-29(50)17-16-26(38)4/h16-17,20,23,25,27-28,30-35,37,39,41-44,46-49,55H,12-15,18-19,21-22,24H2,1-11H3/t27-,28?,30+,31+,32+,33+,34-,35-,37+,39+,41+,42-,43+,44-,46+,47?,48+,49+,52?/m1/s1. The molecule has 3 aliphatic heterocycles. The Morgan fingerprint density at radius 2 is 1.66 bits per heavy atom. The van der Waals surface area contributed by atoms with Crippen molar-refractivity contribution in [3.05, 3.63) is 41.2 Å². The number of rotatable bonds is 14. The van der Waals surface area contributed by atoms with Crippen LogP contribution in [0.1, 0.15) is 98.0 Å². The number of esters is 1. The highest BCUT2D eigenvalue weighted by atomic mass is 19.1. The van der Waals surface area contributed by atoms with Gasteiger partial charge in [-0.05, 0) is 132 Å². The Morgan fingerprint density at radius 3 is 2.31 bits per heavy atom. The molecule has 12 nitrogen and oxygen atoms in total. The first-order valence-electron chi connectivity index (χ1n) is 23.5. The average molecular weight is 871 g/mol. The molecule has 5 fully saturated rings. The number of carbonyl (C=O) groups is 2. The van der Waals surface area contributed by atoms with Crippen molar-refractivity contribution in [2.75, 3.05) is 40.3 Å². The van der Waals surface area contributed by atoms with E-state index in [-0.39, 0.29) is 102 Å². The molecule has 13 heteroatoms. The minimum Gasteiger partial charge on any atom is -0.462 e. The lowest BCUT2D eigenvalue weighted by Crippen LogP contribution is -2.50. The van der Waals surface area contributed by atoms with Crippen molar-refractivity contribution in [3.63, 3.8) is 0 Å². The van der Waals surface area contributed by atoms with E-state index in [1.54, 1.807) is 27.4 Å². The molecule has 7 rings (SSSR count). The fourth-order valence-corrected chi connectivity index (χ4v) is 12.6. The summed E-state index contributed by atoms with van der Waals surface area (Å²) in [6.45, 7) is 12.2. The van der Waals surface area contributed by atoms with Gasteiger partial charge in [-0.15, -0.1) is 0 Å². The number of carbonyl (C=O) groups excluding carboxylic acids is 2. The number of hydrogen-bond donors (Lipinski definition) is 1. The molecule has 2 unspecified atom stereocenters. The zero-order valence-corrected chi connectivity index (χ0v) is 39.0. The molecule has 1 N–H and O–H groups in total. The van der Waals surface area contributed by atoms with Crippen LogP contribution in [-0.2, 0) is 42.7 Å². The lowest BCUT2D eigenvalue weighted by atomic mass is 9.66. The number of hydrogen-bond acceptors (Lipinski definition) is 12. The van der Waals surface area contributed by atoms with Crippen molar-refractivity contribution < 1.29 is 52.2 Å². The van der Waals surface area contributed by atoms with E-state index < -0.39 is 30.7 Å². The van der Waals surface area contributed by atoms with Gasteiger partial charge in [-0.1, -0.05) is 39.8 Å². The number of benzene rings is 1. The minimum absolute atomic E-state index is 0.0107. The summed E-state index contributed by atoms with van der Waals surface area (Å²) in [4.78, 5) is 33.7. The van der Waals surface area contributed by atoms with Gasteiger partial charge in [-0.3, -0.25) is 9.59 Å². The third-order valence-electron chi connectivity index (χ3n) is 15.7. The van der Waals surface area contributed by atoms with Crippen molar-refractivity contribution in [1.82, 2.24) is 4.90 Å². The molecule has 0 bridgehead atoms. The second-order valence-corrected chi connectivity index (χ2v) is 19.9. The predicted molar refractivity (Wildman–Crippen MR) is 233 cm³/mol. The molecule has 0 spiro atoms. The third-order valence-corrected chi connectivity index (χ3v) is 15.7. The second kappa shape index (κ2) is 19.9. The Balaban J connectivity index is 1.21. The maximum absolute atomic E-state index is 15.2. The quantitative estimate of drug-likeness (QED) is 0.119. The van der Waals surface area contributed by atoms with Crippen molar-refractivity contribution in [2.24, 2.45) is 41.4 Å². The topological polar surface area (TPSA) is 125 Å². The number of nitrogens with zero attached hydrogens (tertiary/aromatic N) is 2. The summed E-state index contributed by atoms with van der Waals surface area (Å²) in [5.41, 5.74) is 2.50. The first kappa shape index (κ1) is 47.5. The van der Waals surface area contributed by atoms with Crippen LogP contribution in [-0.4, -0.2) is 131 Å². The fourth-order valence-electron chi connectivity index (χ4n) is 12.6. The van der Waals surface area contributed by atoms with E-state index in [2.05, 4.69) is 43.8 Å². The number of ketones is 1. The zero-order valence-electron chi connectivity index (χ0n) is 39.0. The van der Waals surface area contributed by atoms with Crippen LogP contribution in [0.15, 0.2) is 29.8 Å². The summed E-state index contributed by atoms with van der Waals surface area (Å²) >= 11 is 0. The van der Waals surface area contributed by atoms with Crippen LogP contribution in [0, 0.1) is 54.2 Å². The van der Waals surface area contributed by atoms with E-state index in [1.807, 2.05) is 33.8 Å². The van der Waals surface area contributed by atoms with Gasteiger partial charge in [-0.2, -0.15) is 0 Å². The Labute approximate surface area is 369 Å². The molecule has 0 aromatic heterocycles. The van der Waals surface area contributed by atoms with Crippen LogP contribution < -0.4 is 4.90 Å². The number of aliphatic hydroxyl groups is 1. The molecule has 348 valence electrons. The van der Waals surface area contributed by atoms with Gasteiger partial charge in [0.2, 0.25) is 0 Å². The first-order chi connectivity index (χ1) is 29.6.